The zero-order valence-electron chi connectivity index (χ0n) is 10.2. The highest BCUT2D eigenvalue weighted by Crippen LogP contribution is 2.34. The van der Waals surface area contributed by atoms with Gasteiger partial charge in [0.15, 0.2) is 0 Å². The van der Waals surface area contributed by atoms with Crippen molar-refractivity contribution < 1.29 is 8.42 Å². The van der Waals surface area contributed by atoms with Crippen LogP contribution in [0.3, 0.4) is 0 Å². The van der Waals surface area contributed by atoms with Crippen molar-refractivity contribution in [2.45, 2.75) is 24.1 Å². The van der Waals surface area contributed by atoms with Crippen molar-refractivity contribution in [1.29, 1.82) is 0 Å². The van der Waals surface area contributed by atoms with Gasteiger partial charge >= 0.3 is 0 Å². The monoisotopic (exact) mass is 361 g/mol. The zero-order valence-corrected chi connectivity index (χ0v) is 13.4. The molecule has 1 aliphatic heterocycles. The van der Waals surface area contributed by atoms with Gasteiger partial charge in [-0.3, -0.25) is 0 Å². The van der Waals surface area contributed by atoms with Gasteiger partial charge in [-0.25, -0.2) is 17.4 Å². The summed E-state index contributed by atoms with van der Waals surface area (Å²) in [5.74, 6) is 0.647. The molecular weight excluding hydrogens is 350 g/mol. The van der Waals surface area contributed by atoms with Crippen LogP contribution >= 0.6 is 27.3 Å². The first-order valence-corrected chi connectivity index (χ1v) is 8.85. The summed E-state index contributed by atoms with van der Waals surface area (Å²) >= 11 is 4.62. The molecule has 0 atom stereocenters. The maximum atomic E-state index is 12.7. The third-order valence-electron chi connectivity index (χ3n) is 3.06. The molecule has 0 radical (unpaired) electrons. The number of hydrogen-bond acceptors (Lipinski definition) is 4. The van der Waals surface area contributed by atoms with Crippen LogP contribution in [-0.4, -0.2) is 24.7 Å². The molecule has 0 bridgehead atoms. The van der Waals surface area contributed by atoms with Crippen LogP contribution in [0.4, 0.5) is 5.82 Å². The van der Waals surface area contributed by atoms with Crippen molar-refractivity contribution in [2.75, 3.05) is 10.8 Å². The zero-order chi connectivity index (χ0) is 13.6. The summed E-state index contributed by atoms with van der Waals surface area (Å²) in [6.45, 7) is 3.16. The van der Waals surface area contributed by atoms with E-state index in [1.54, 1.807) is 23.0 Å². The molecule has 2 aromatic rings. The van der Waals surface area contributed by atoms with Gasteiger partial charge in [0.05, 0.1) is 9.98 Å². The lowest BCUT2D eigenvalue weighted by Crippen LogP contribution is -2.37. The molecule has 0 fully saturated rings. The first-order valence-electron chi connectivity index (χ1n) is 5.80. The summed E-state index contributed by atoms with van der Waals surface area (Å²) < 4.78 is 29.8. The fourth-order valence-electron chi connectivity index (χ4n) is 2.10. The fourth-order valence-corrected chi connectivity index (χ4v) is 5.95. The van der Waals surface area contributed by atoms with Crippen LogP contribution < -0.4 is 4.31 Å². The van der Waals surface area contributed by atoms with Gasteiger partial charge in [0.25, 0.3) is 10.0 Å². The number of aromatic nitrogens is 2. The van der Waals surface area contributed by atoms with Gasteiger partial charge in [-0.1, -0.05) is 0 Å². The Morgan fingerprint density at radius 2 is 2.21 bits per heavy atom. The minimum atomic E-state index is -3.49. The van der Waals surface area contributed by atoms with E-state index in [1.807, 2.05) is 6.92 Å². The Bertz CT molecular complexity index is 701. The molecule has 8 heteroatoms. The summed E-state index contributed by atoms with van der Waals surface area (Å²) in [5.41, 5.74) is 0.939. The van der Waals surface area contributed by atoms with Gasteiger partial charge in [0.1, 0.15) is 10.0 Å². The molecule has 0 N–H and O–H groups in total. The Balaban J connectivity index is 2.08. The SMILES string of the molecule is Cc1cc(S(=O)(=O)N2CCCn3nccc32)sc1Br. The number of thiophene rings is 1. The van der Waals surface area contributed by atoms with Gasteiger partial charge in [-0.15, -0.1) is 11.3 Å². The smallest absolute Gasteiger partial charge is 0.249 e. The Morgan fingerprint density at radius 3 is 2.89 bits per heavy atom. The van der Waals surface area contributed by atoms with Crippen LogP contribution in [0.5, 0.6) is 0 Å². The third-order valence-corrected chi connectivity index (χ3v) is 7.45. The van der Waals surface area contributed by atoms with Crippen LogP contribution in [0, 0.1) is 6.92 Å². The lowest BCUT2D eigenvalue weighted by Gasteiger charge is -2.28. The molecule has 0 spiro atoms. The standard InChI is InChI=1S/C11H12BrN3O2S2/c1-8-7-10(18-11(8)12)19(16,17)15-6-2-5-14-9(15)3-4-13-14/h3-4,7H,2,5-6H2,1H3. The topological polar surface area (TPSA) is 55.2 Å². The van der Waals surface area contributed by atoms with Crippen molar-refractivity contribution in [3.63, 3.8) is 0 Å². The van der Waals surface area contributed by atoms with E-state index in [0.717, 1.165) is 22.3 Å². The molecule has 2 aromatic heterocycles. The van der Waals surface area contributed by atoms with E-state index in [0.29, 0.717) is 16.6 Å². The van der Waals surface area contributed by atoms with E-state index in [1.165, 1.54) is 15.6 Å². The summed E-state index contributed by atoms with van der Waals surface area (Å²) in [5, 5.41) is 4.14. The number of halogens is 1. The van der Waals surface area contributed by atoms with Crippen LogP contribution in [0.25, 0.3) is 0 Å². The highest BCUT2D eigenvalue weighted by Gasteiger charge is 2.31. The number of sulfonamides is 1. The summed E-state index contributed by atoms with van der Waals surface area (Å²) in [4.78, 5) is 0. The van der Waals surface area contributed by atoms with Gasteiger partial charge in [0, 0.05) is 19.2 Å². The van der Waals surface area contributed by atoms with E-state index < -0.39 is 10.0 Å². The van der Waals surface area contributed by atoms with Gasteiger partial charge in [-0.05, 0) is 40.9 Å². The predicted molar refractivity (Wildman–Crippen MR) is 78.1 cm³/mol. The number of aryl methyl sites for hydroxylation is 2. The number of hydrogen-bond donors (Lipinski definition) is 0. The third kappa shape index (κ3) is 2.11. The first kappa shape index (κ1) is 13.1. The summed E-state index contributed by atoms with van der Waals surface area (Å²) in [7, 11) is -3.49. The quantitative estimate of drug-likeness (QED) is 0.825. The van der Waals surface area contributed by atoms with Crippen molar-refractivity contribution in [3.05, 3.63) is 27.7 Å². The number of nitrogens with zero attached hydrogens (tertiary/aromatic N) is 3. The number of anilines is 1. The second kappa shape index (κ2) is 4.60. The van der Waals surface area contributed by atoms with E-state index in [-0.39, 0.29) is 0 Å². The Kier molecular flexibility index (Phi) is 3.18. The lowest BCUT2D eigenvalue weighted by molar-refractivity contribution is 0.533. The molecule has 102 valence electrons. The van der Waals surface area contributed by atoms with Crippen molar-refractivity contribution in [3.8, 4) is 0 Å². The van der Waals surface area contributed by atoms with E-state index in [2.05, 4.69) is 21.0 Å². The van der Waals surface area contributed by atoms with Gasteiger partial charge < -0.3 is 0 Å². The second-order valence-corrected chi connectivity index (χ2v) is 8.82. The number of fused-ring (bicyclic) bond motifs is 1. The molecule has 0 saturated carbocycles. The van der Waals surface area contributed by atoms with Gasteiger partial charge in [-0.2, -0.15) is 5.10 Å². The second-order valence-electron chi connectivity index (χ2n) is 4.37. The van der Waals surface area contributed by atoms with Crippen molar-refractivity contribution in [2.24, 2.45) is 0 Å². The van der Waals surface area contributed by atoms with Crippen LogP contribution in [0.15, 0.2) is 26.3 Å². The molecule has 0 amide bonds. The average molecular weight is 362 g/mol. The molecule has 1 aliphatic rings. The Hall–Kier alpha value is -0.860. The molecule has 0 saturated heterocycles. The fraction of sp³-hybridized carbons (Fsp3) is 0.364. The summed E-state index contributed by atoms with van der Waals surface area (Å²) in [6, 6.07) is 3.45. The average Bonchev–Trinajstić information content (AvgIpc) is 2.96. The molecule has 5 nitrogen and oxygen atoms in total. The van der Waals surface area contributed by atoms with Crippen LogP contribution in [0.1, 0.15) is 12.0 Å². The summed E-state index contributed by atoms with van der Waals surface area (Å²) in [6.07, 6.45) is 2.41. The molecule has 0 unspecified atom stereocenters. The highest BCUT2D eigenvalue weighted by molar-refractivity contribution is 9.11. The molecule has 0 aliphatic carbocycles. The molecule has 3 heterocycles. The molecule has 3 rings (SSSR count). The highest BCUT2D eigenvalue weighted by atomic mass is 79.9. The van der Waals surface area contributed by atoms with Crippen molar-refractivity contribution >= 4 is 43.1 Å². The minimum absolute atomic E-state index is 0.367. The lowest BCUT2D eigenvalue weighted by atomic mass is 10.3. The van der Waals surface area contributed by atoms with E-state index in [9.17, 15) is 8.42 Å². The van der Waals surface area contributed by atoms with Crippen molar-refractivity contribution in [1.82, 2.24) is 9.78 Å². The van der Waals surface area contributed by atoms with E-state index in [4.69, 9.17) is 0 Å². The minimum Gasteiger partial charge on any atom is -0.249 e. The number of rotatable bonds is 2. The largest absolute Gasteiger partial charge is 0.275 e. The van der Waals surface area contributed by atoms with Gasteiger partial charge in [0.2, 0.25) is 0 Å². The molecular formula is C11H12BrN3O2S2. The van der Waals surface area contributed by atoms with Crippen LogP contribution in [-0.2, 0) is 16.6 Å². The maximum Gasteiger partial charge on any atom is 0.275 e. The normalized spacial score (nSPS) is 15.6. The molecule has 19 heavy (non-hydrogen) atoms. The maximum absolute atomic E-state index is 12.7. The predicted octanol–water partition coefficient (Wildman–Crippen LogP) is 2.61. The first-order chi connectivity index (χ1) is 9.00. The Morgan fingerprint density at radius 1 is 1.42 bits per heavy atom. The van der Waals surface area contributed by atoms with Crippen LogP contribution in [0.2, 0.25) is 0 Å². The van der Waals surface area contributed by atoms with E-state index >= 15 is 0 Å². The Labute approximate surface area is 124 Å². The molecule has 0 aromatic carbocycles.